The minimum atomic E-state index is -0.559. The molecule has 4 aromatic rings. The molecule has 0 radical (unpaired) electrons. The van der Waals surface area contributed by atoms with Gasteiger partial charge in [-0.2, -0.15) is 0 Å². The lowest BCUT2D eigenvalue weighted by Gasteiger charge is -2.36. The Bertz CT molecular complexity index is 1270. The van der Waals surface area contributed by atoms with Crippen LogP contribution in [-0.2, 0) is 0 Å². The third-order valence-corrected chi connectivity index (χ3v) is 6.75. The number of nitrogens with zero attached hydrogens (tertiary/aromatic N) is 2. The Morgan fingerprint density at radius 3 is 1.92 bits per heavy atom. The average molecular weight is 487 g/mol. The highest BCUT2D eigenvalue weighted by atomic mass is 16.5. The van der Waals surface area contributed by atoms with E-state index < -0.39 is 12.2 Å². The molecule has 1 aliphatic heterocycles. The van der Waals surface area contributed by atoms with Gasteiger partial charge in [0.2, 0.25) is 0 Å². The molecule has 6 heteroatoms. The van der Waals surface area contributed by atoms with Crippen LogP contribution in [0, 0.1) is 0 Å². The number of ether oxygens (including phenoxy) is 2. The SMILES string of the molecule is O[C@H](COc1ccc2ccccc2c1)CN1CCN(C[C@H](O)COc2cccc3ccccc23)CC1. The summed E-state index contributed by atoms with van der Waals surface area (Å²) in [4.78, 5) is 4.51. The second-order valence-corrected chi connectivity index (χ2v) is 9.52. The molecular weight excluding hydrogens is 452 g/mol. The third kappa shape index (κ3) is 6.33. The predicted octanol–water partition coefficient (Wildman–Crippen LogP) is 3.79. The molecule has 0 bridgehead atoms. The van der Waals surface area contributed by atoms with E-state index in [-0.39, 0.29) is 13.2 Å². The first-order valence-corrected chi connectivity index (χ1v) is 12.7. The van der Waals surface area contributed by atoms with Crippen molar-refractivity contribution >= 4 is 21.5 Å². The van der Waals surface area contributed by atoms with Crippen molar-refractivity contribution in [3.05, 3.63) is 84.9 Å². The van der Waals surface area contributed by atoms with Crippen LogP contribution >= 0.6 is 0 Å². The van der Waals surface area contributed by atoms with Crippen LogP contribution in [0.4, 0.5) is 0 Å². The zero-order chi connectivity index (χ0) is 24.7. The lowest BCUT2D eigenvalue weighted by molar-refractivity contribution is 0.0242. The highest BCUT2D eigenvalue weighted by Gasteiger charge is 2.21. The van der Waals surface area contributed by atoms with Gasteiger partial charge in [0.25, 0.3) is 0 Å². The van der Waals surface area contributed by atoms with Gasteiger partial charge < -0.3 is 19.7 Å². The molecule has 188 valence electrons. The lowest BCUT2D eigenvalue weighted by atomic mass is 10.1. The fourth-order valence-electron chi connectivity index (χ4n) is 4.81. The molecule has 0 aromatic heterocycles. The van der Waals surface area contributed by atoms with Crippen LogP contribution in [0.15, 0.2) is 84.9 Å². The number of rotatable bonds is 10. The summed E-state index contributed by atoms with van der Waals surface area (Å²) in [6.45, 7) is 5.09. The van der Waals surface area contributed by atoms with E-state index in [4.69, 9.17) is 9.47 Å². The molecule has 1 saturated heterocycles. The van der Waals surface area contributed by atoms with Gasteiger partial charge in [-0.15, -0.1) is 0 Å². The summed E-state index contributed by atoms with van der Waals surface area (Å²) < 4.78 is 11.8. The van der Waals surface area contributed by atoms with E-state index in [9.17, 15) is 10.2 Å². The summed E-state index contributed by atoms with van der Waals surface area (Å²) in [6, 6.07) is 28.3. The van der Waals surface area contributed by atoms with Gasteiger partial charge >= 0.3 is 0 Å². The maximum atomic E-state index is 10.6. The Morgan fingerprint density at radius 1 is 0.611 bits per heavy atom. The fraction of sp³-hybridized carbons (Fsp3) is 0.333. The summed E-state index contributed by atoms with van der Waals surface area (Å²) in [6.07, 6.45) is -1.11. The Kier molecular flexibility index (Phi) is 7.98. The quantitative estimate of drug-likeness (QED) is 0.356. The van der Waals surface area contributed by atoms with Crippen LogP contribution in [0.1, 0.15) is 0 Å². The summed E-state index contributed by atoms with van der Waals surface area (Å²) in [5.41, 5.74) is 0. The molecule has 6 nitrogen and oxygen atoms in total. The molecule has 1 heterocycles. The molecule has 0 spiro atoms. The van der Waals surface area contributed by atoms with E-state index in [2.05, 4.69) is 34.1 Å². The minimum Gasteiger partial charge on any atom is -0.491 e. The topological polar surface area (TPSA) is 65.4 Å². The highest BCUT2D eigenvalue weighted by molar-refractivity contribution is 5.88. The zero-order valence-corrected chi connectivity index (χ0v) is 20.5. The monoisotopic (exact) mass is 486 g/mol. The van der Waals surface area contributed by atoms with Gasteiger partial charge in [0.1, 0.15) is 36.9 Å². The summed E-state index contributed by atoms with van der Waals surface area (Å²) >= 11 is 0. The van der Waals surface area contributed by atoms with Crippen molar-refractivity contribution in [2.24, 2.45) is 0 Å². The van der Waals surface area contributed by atoms with Crippen molar-refractivity contribution in [3.63, 3.8) is 0 Å². The largest absolute Gasteiger partial charge is 0.491 e. The third-order valence-electron chi connectivity index (χ3n) is 6.75. The van der Waals surface area contributed by atoms with Crippen molar-refractivity contribution < 1.29 is 19.7 Å². The molecule has 0 unspecified atom stereocenters. The normalized spacial score (nSPS) is 16.7. The van der Waals surface area contributed by atoms with Gasteiger partial charge in [0.05, 0.1) is 0 Å². The van der Waals surface area contributed by atoms with Gasteiger partial charge in [-0.3, -0.25) is 9.80 Å². The molecule has 2 N–H and O–H groups in total. The maximum absolute atomic E-state index is 10.6. The molecule has 36 heavy (non-hydrogen) atoms. The Balaban J connectivity index is 1.02. The van der Waals surface area contributed by atoms with Gasteiger partial charge in [-0.05, 0) is 34.4 Å². The smallest absolute Gasteiger partial charge is 0.127 e. The molecule has 1 fully saturated rings. The van der Waals surface area contributed by atoms with E-state index in [0.29, 0.717) is 13.1 Å². The number of benzene rings is 4. The predicted molar refractivity (Wildman–Crippen MR) is 144 cm³/mol. The Morgan fingerprint density at radius 2 is 1.19 bits per heavy atom. The number of β-amino-alcohol motifs (C(OH)–C–C–N with tert-alkyl or cyclic N) is 2. The van der Waals surface area contributed by atoms with Crippen molar-refractivity contribution in [1.82, 2.24) is 9.80 Å². The van der Waals surface area contributed by atoms with Gasteiger partial charge in [0.15, 0.2) is 0 Å². The first-order valence-electron chi connectivity index (χ1n) is 12.7. The maximum Gasteiger partial charge on any atom is 0.127 e. The lowest BCUT2D eigenvalue weighted by Crippen LogP contribution is -2.51. The summed E-state index contributed by atoms with van der Waals surface area (Å²) in [5.74, 6) is 1.58. The van der Waals surface area contributed by atoms with E-state index in [1.54, 1.807) is 0 Å². The number of aliphatic hydroxyl groups is 2. The van der Waals surface area contributed by atoms with Crippen molar-refractivity contribution in [2.75, 3.05) is 52.5 Å². The number of hydrogen-bond acceptors (Lipinski definition) is 6. The van der Waals surface area contributed by atoms with Crippen LogP contribution in [0.5, 0.6) is 11.5 Å². The highest BCUT2D eigenvalue weighted by Crippen LogP contribution is 2.25. The molecule has 0 amide bonds. The average Bonchev–Trinajstić information content (AvgIpc) is 2.91. The zero-order valence-electron chi connectivity index (χ0n) is 20.5. The first-order chi connectivity index (χ1) is 17.6. The fourth-order valence-corrected chi connectivity index (χ4v) is 4.81. The van der Waals surface area contributed by atoms with Crippen LogP contribution in [0.3, 0.4) is 0 Å². The second-order valence-electron chi connectivity index (χ2n) is 9.52. The number of hydrogen-bond donors (Lipinski definition) is 2. The van der Waals surface area contributed by atoms with E-state index in [1.807, 2.05) is 60.7 Å². The Hall–Kier alpha value is -3.16. The molecule has 5 rings (SSSR count). The summed E-state index contributed by atoms with van der Waals surface area (Å²) in [7, 11) is 0. The Labute approximate surface area is 212 Å². The van der Waals surface area contributed by atoms with Gasteiger partial charge in [0, 0.05) is 44.7 Å². The molecular formula is C30H34N2O4. The van der Waals surface area contributed by atoms with Crippen LogP contribution < -0.4 is 9.47 Å². The van der Waals surface area contributed by atoms with Gasteiger partial charge in [-0.25, -0.2) is 0 Å². The standard InChI is InChI=1S/C30H34N2O4/c33-26(21-35-28-13-12-23-6-1-2-8-25(23)18-28)19-31-14-16-32(17-15-31)20-27(34)22-36-30-11-5-9-24-7-3-4-10-29(24)30/h1-13,18,26-27,33-34H,14-17,19-22H2/t26-,27-/m0/s1. The number of piperazine rings is 1. The van der Waals surface area contributed by atoms with E-state index in [0.717, 1.165) is 53.8 Å². The second kappa shape index (κ2) is 11.7. The van der Waals surface area contributed by atoms with E-state index >= 15 is 0 Å². The van der Waals surface area contributed by atoms with Crippen molar-refractivity contribution in [2.45, 2.75) is 12.2 Å². The summed E-state index contributed by atoms with van der Waals surface area (Å²) in [5, 5.41) is 25.6. The first kappa shape index (κ1) is 24.5. The molecule has 0 saturated carbocycles. The van der Waals surface area contributed by atoms with Crippen LogP contribution in [-0.4, -0.2) is 84.7 Å². The molecule has 2 atom stereocenters. The number of fused-ring (bicyclic) bond motifs is 2. The van der Waals surface area contributed by atoms with Crippen molar-refractivity contribution in [1.29, 1.82) is 0 Å². The minimum absolute atomic E-state index is 0.263. The molecule has 4 aromatic carbocycles. The molecule has 1 aliphatic rings. The van der Waals surface area contributed by atoms with Gasteiger partial charge in [-0.1, -0.05) is 66.7 Å². The van der Waals surface area contributed by atoms with E-state index in [1.165, 1.54) is 5.39 Å². The van der Waals surface area contributed by atoms with Crippen molar-refractivity contribution in [3.8, 4) is 11.5 Å². The number of aliphatic hydroxyl groups excluding tert-OH is 2. The van der Waals surface area contributed by atoms with Crippen LogP contribution in [0.2, 0.25) is 0 Å². The molecule has 0 aliphatic carbocycles. The van der Waals surface area contributed by atoms with Crippen LogP contribution in [0.25, 0.3) is 21.5 Å².